The topological polar surface area (TPSA) is 212 Å². The monoisotopic (exact) mass is 972 g/mol. The number of carbonyl (C=O) groups is 1. The van der Waals surface area contributed by atoms with E-state index in [1.165, 1.54) is 5.56 Å². The number of hydrogen-bond donors (Lipinski definition) is 3. The Bertz CT molecular complexity index is 3710. The molecule has 6 aromatic heterocycles. The van der Waals surface area contributed by atoms with Crippen LogP contribution >= 0.6 is 0 Å². The van der Waals surface area contributed by atoms with Crippen molar-refractivity contribution in [3.63, 3.8) is 0 Å². The number of para-hydroxylation sites is 2. The van der Waals surface area contributed by atoms with Gasteiger partial charge < -0.3 is 44.4 Å². The van der Waals surface area contributed by atoms with Gasteiger partial charge in [-0.3, -0.25) is 14.3 Å². The molecule has 20 heteroatoms. The number of imidazole rings is 2. The van der Waals surface area contributed by atoms with Crippen LogP contribution in [0.25, 0.3) is 56.0 Å². The van der Waals surface area contributed by atoms with Crippen LogP contribution in [0.5, 0.6) is 11.5 Å². The van der Waals surface area contributed by atoms with Gasteiger partial charge in [0, 0.05) is 99.7 Å². The molecule has 2 fully saturated rings. The molecule has 3 aliphatic heterocycles. The third kappa shape index (κ3) is 7.92. The van der Waals surface area contributed by atoms with Crippen LogP contribution in [0.1, 0.15) is 12.0 Å². The van der Waals surface area contributed by atoms with Gasteiger partial charge in [-0.1, -0.05) is 36.4 Å². The summed E-state index contributed by atoms with van der Waals surface area (Å²) in [5.74, 6) is 1.86. The molecule has 0 radical (unpaired) electrons. The standard InChI is InChI=1S/C53H48N16O4/c70-39-13-9-36(10-14-39)62-21-25-64(26-22-62)52-57-48-46(55-32-66(48)19-18-44(72)73)51(60-52)69-43-8-4-2-6-41(43)45(61-69)35-29-38(31-54-30-35)68-33-56-47-49(67-20-17-34-5-1-3-7-42(34)67)58-53(59-50(47)68)65-27-23-63(24-28-65)37-11-15-40(71)16-12-37/h1-16,29-33,70-71H,17-28H2,(H,72,73). The predicted molar refractivity (Wildman–Crippen MR) is 278 cm³/mol. The van der Waals surface area contributed by atoms with Gasteiger partial charge in [-0.05, 0) is 78.7 Å². The van der Waals surface area contributed by atoms with Crippen LogP contribution in [-0.2, 0) is 17.8 Å². The first kappa shape index (κ1) is 43.7. The third-order valence-corrected chi connectivity index (χ3v) is 14.1. The average molecular weight is 973 g/mol. The van der Waals surface area contributed by atoms with Gasteiger partial charge in [-0.2, -0.15) is 25.0 Å². The molecule has 0 unspecified atom stereocenters. The van der Waals surface area contributed by atoms with Crippen molar-refractivity contribution < 1.29 is 20.1 Å². The van der Waals surface area contributed by atoms with Crippen molar-refractivity contribution >= 4 is 74.0 Å². The highest BCUT2D eigenvalue weighted by molar-refractivity contribution is 5.96. The highest BCUT2D eigenvalue weighted by Gasteiger charge is 2.30. The number of phenolic OH excluding ortho intramolecular Hbond substituents is 2. The first-order chi connectivity index (χ1) is 35.8. The summed E-state index contributed by atoms with van der Waals surface area (Å²) in [6.45, 7) is 6.50. The molecule has 0 amide bonds. The molecule has 20 nitrogen and oxygen atoms in total. The Morgan fingerprint density at radius 3 is 1.89 bits per heavy atom. The molecule has 4 aromatic carbocycles. The average Bonchev–Trinajstić information content (AvgIpc) is 4.25. The minimum absolute atomic E-state index is 0.101. The van der Waals surface area contributed by atoms with Crippen LogP contribution in [0.3, 0.4) is 0 Å². The van der Waals surface area contributed by atoms with Crippen molar-refractivity contribution in [1.29, 1.82) is 0 Å². The summed E-state index contributed by atoms with van der Waals surface area (Å²) in [5, 5.41) is 35.6. The number of aryl methyl sites for hydroxylation is 1. The van der Waals surface area contributed by atoms with Crippen LogP contribution < -0.4 is 24.5 Å². The van der Waals surface area contributed by atoms with E-state index in [1.807, 2.05) is 59.2 Å². The highest BCUT2D eigenvalue weighted by atomic mass is 16.4. The number of piperazine rings is 2. The number of aliphatic carboxylic acids is 1. The van der Waals surface area contributed by atoms with Gasteiger partial charge in [0.05, 0.1) is 30.1 Å². The van der Waals surface area contributed by atoms with Gasteiger partial charge in [-0.25, -0.2) is 14.6 Å². The summed E-state index contributed by atoms with van der Waals surface area (Å²) < 4.78 is 5.54. The quantitative estimate of drug-likeness (QED) is 0.125. The lowest BCUT2D eigenvalue weighted by atomic mass is 10.1. The summed E-state index contributed by atoms with van der Waals surface area (Å²) in [7, 11) is 0. The number of aromatic hydroxyl groups is 2. The Hall–Kier alpha value is -9.33. The van der Waals surface area contributed by atoms with Crippen LogP contribution in [0, 0.1) is 0 Å². The molecule has 0 spiro atoms. The second-order valence-electron chi connectivity index (χ2n) is 18.5. The number of hydrogen-bond acceptors (Lipinski definition) is 16. The Kier molecular flexibility index (Phi) is 10.7. The molecular weight excluding hydrogens is 925 g/mol. The van der Waals surface area contributed by atoms with E-state index < -0.39 is 5.97 Å². The lowest BCUT2D eigenvalue weighted by molar-refractivity contribution is -0.137. The summed E-state index contributed by atoms with van der Waals surface area (Å²) >= 11 is 0. The number of anilines is 6. The lowest BCUT2D eigenvalue weighted by Crippen LogP contribution is -2.47. The van der Waals surface area contributed by atoms with E-state index in [0.29, 0.717) is 85.0 Å². The summed E-state index contributed by atoms with van der Waals surface area (Å²) in [6.07, 6.45) is 7.81. The van der Waals surface area contributed by atoms with E-state index in [4.69, 9.17) is 40.0 Å². The zero-order valence-electron chi connectivity index (χ0n) is 39.5. The van der Waals surface area contributed by atoms with E-state index in [-0.39, 0.29) is 24.5 Å². The first-order valence-electron chi connectivity index (χ1n) is 24.4. The molecule has 3 N–H and O–H groups in total. The van der Waals surface area contributed by atoms with Crippen molar-refractivity contribution in [3.8, 4) is 34.3 Å². The zero-order valence-corrected chi connectivity index (χ0v) is 39.5. The maximum atomic E-state index is 11.8. The van der Waals surface area contributed by atoms with Crippen molar-refractivity contribution in [2.75, 3.05) is 83.4 Å². The number of benzene rings is 4. The van der Waals surface area contributed by atoms with E-state index >= 15 is 0 Å². The molecule has 13 rings (SSSR count). The van der Waals surface area contributed by atoms with Crippen LogP contribution in [0.15, 0.2) is 128 Å². The largest absolute Gasteiger partial charge is 0.508 e. The number of carboxylic acids is 1. The maximum absolute atomic E-state index is 11.8. The summed E-state index contributed by atoms with van der Waals surface area (Å²) in [6, 6.07) is 33.0. The second kappa shape index (κ2) is 17.8. The minimum atomic E-state index is -0.920. The normalized spacial score (nSPS) is 15.0. The highest BCUT2D eigenvalue weighted by Crippen LogP contribution is 2.39. The predicted octanol–water partition coefficient (Wildman–Crippen LogP) is 6.59. The van der Waals surface area contributed by atoms with Crippen molar-refractivity contribution in [2.45, 2.75) is 19.4 Å². The van der Waals surface area contributed by atoms with E-state index in [9.17, 15) is 20.1 Å². The van der Waals surface area contributed by atoms with E-state index in [1.54, 1.807) is 58.6 Å². The number of nitrogens with zero attached hydrogens (tertiary/aromatic N) is 16. The lowest BCUT2D eigenvalue weighted by Gasteiger charge is -2.36. The number of pyridine rings is 1. The molecule has 73 heavy (non-hydrogen) atoms. The Balaban J connectivity index is 0.879. The Morgan fingerprint density at radius 2 is 1.19 bits per heavy atom. The number of phenols is 2. The van der Waals surface area contributed by atoms with Crippen molar-refractivity contribution in [3.05, 3.63) is 134 Å². The van der Waals surface area contributed by atoms with E-state index in [0.717, 1.165) is 71.1 Å². The van der Waals surface area contributed by atoms with Gasteiger partial charge >= 0.3 is 5.97 Å². The number of fused-ring (bicyclic) bond motifs is 4. The molecule has 2 saturated heterocycles. The smallest absolute Gasteiger partial charge is 0.305 e. The van der Waals surface area contributed by atoms with Crippen LogP contribution in [-0.4, -0.2) is 134 Å². The Morgan fingerprint density at radius 1 is 0.589 bits per heavy atom. The fourth-order valence-corrected chi connectivity index (χ4v) is 10.3. The number of aromatic nitrogens is 11. The SMILES string of the molecule is O=C(O)CCn1cnc2c(-n3nc(-c4cncc(-n5cnc6c(N7CCc8ccccc87)nc(N7CCN(c8ccc(O)cc8)CC7)nc65)c4)c4ccccc43)nc(N3CCN(c4ccc(O)cc4)CC3)nc21. The van der Waals surface area contributed by atoms with Gasteiger partial charge in [-0.15, -0.1) is 0 Å². The van der Waals surface area contributed by atoms with Gasteiger partial charge in [0.15, 0.2) is 34.0 Å². The number of carboxylic acid groups (broad SMARTS) is 1. The first-order valence-corrected chi connectivity index (χ1v) is 24.4. The second-order valence-corrected chi connectivity index (χ2v) is 18.5. The summed E-state index contributed by atoms with van der Waals surface area (Å²) in [4.78, 5) is 58.3. The van der Waals surface area contributed by atoms with Crippen molar-refractivity contribution in [1.82, 2.24) is 53.8 Å². The summed E-state index contributed by atoms with van der Waals surface area (Å²) in [5.41, 5.74) is 9.73. The van der Waals surface area contributed by atoms with Crippen LogP contribution in [0.4, 0.5) is 34.8 Å². The number of rotatable bonds is 11. The third-order valence-electron chi connectivity index (χ3n) is 14.1. The Labute approximate surface area is 417 Å². The van der Waals surface area contributed by atoms with Gasteiger partial charge in [0.25, 0.3) is 0 Å². The molecule has 364 valence electrons. The molecule has 0 saturated carbocycles. The van der Waals surface area contributed by atoms with E-state index in [2.05, 4.69) is 48.8 Å². The van der Waals surface area contributed by atoms with Gasteiger partial charge in [0.2, 0.25) is 11.9 Å². The molecule has 10 aromatic rings. The molecule has 0 bridgehead atoms. The zero-order chi connectivity index (χ0) is 49.2. The maximum Gasteiger partial charge on any atom is 0.305 e. The molecule has 3 aliphatic rings. The minimum Gasteiger partial charge on any atom is -0.508 e. The molecule has 9 heterocycles. The van der Waals surface area contributed by atoms with Crippen molar-refractivity contribution in [2.24, 2.45) is 0 Å². The van der Waals surface area contributed by atoms with Gasteiger partial charge in [0.1, 0.15) is 23.5 Å². The molecule has 0 atom stereocenters. The molecule has 0 aliphatic carbocycles. The fourth-order valence-electron chi connectivity index (χ4n) is 10.3. The molecular formula is C53H48N16O4. The van der Waals surface area contributed by atoms with Crippen LogP contribution in [0.2, 0.25) is 0 Å². The fraction of sp³-hybridized carbons (Fsp3) is 0.226.